The predicted molar refractivity (Wildman–Crippen MR) is 74.6 cm³/mol. The minimum atomic E-state index is -3.64. The summed E-state index contributed by atoms with van der Waals surface area (Å²) in [4.78, 5) is 0. The van der Waals surface area contributed by atoms with E-state index in [1.54, 1.807) is 7.05 Å². The molecule has 8 heteroatoms. The Morgan fingerprint density at radius 3 is 2.53 bits per heavy atom. The predicted octanol–water partition coefficient (Wildman–Crippen LogP) is 2.47. The molecule has 2 N–H and O–H groups in total. The average molecular weight is 357 g/mol. The van der Waals surface area contributed by atoms with Crippen LogP contribution in [0.15, 0.2) is 16.6 Å². The standard InChI is InChI=1S/C11H15BrF2N2O2S/c1-15-4-2-3-5-19(17,18)16-11-9(12)6-8(13)7-10(11)14/h6-7,15-16H,2-5H2,1H3. The van der Waals surface area contributed by atoms with Crippen molar-refractivity contribution in [1.82, 2.24) is 5.32 Å². The summed E-state index contributed by atoms with van der Waals surface area (Å²) in [5, 5.41) is 2.90. The number of rotatable bonds is 7. The normalized spacial score (nSPS) is 11.6. The highest BCUT2D eigenvalue weighted by Gasteiger charge is 2.16. The van der Waals surface area contributed by atoms with Gasteiger partial charge in [-0.3, -0.25) is 4.72 Å². The number of sulfonamides is 1. The highest BCUT2D eigenvalue weighted by atomic mass is 79.9. The van der Waals surface area contributed by atoms with Crippen LogP contribution < -0.4 is 10.0 Å². The first-order valence-corrected chi connectivity index (χ1v) is 8.10. The van der Waals surface area contributed by atoms with Gasteiger partial charge in [0, 0.05) is 10.5 Å². The fourth-order valence-electron chi connectivity index (χ4n) is 1.44. The number of nitrogens with one attached hydrogen (secondary N) is 2. The van der Waals surface area contributed by atoms with E-state index in [0.29, 0.717) is 25.5 Å². The van der Waals surface area contributed by atoms with E-state index in [1.165, 1.54) is 0 Å². The molecule has 0 radical (unpaired) electrons. The van der Waals surface area contributed by atoms with Gasteiger partial charge >= 0.3 is 0 Å². The number of anilines is 1. The third-order valence-corrected chi connectivity index (χ3v) is 4.32. The lowest BCUT2D eigenvalue weighted by Gasteiger charge is -2.10. The van der Waals surface area contributed by atoms with E-state index in [4.69, 9.17) is 0 Å². The van der Waals surface area contributed by atoms with E-state index in [9.17, 15) is 17.2 Å². The molecule has 0 amide bonds. The zero-order valence-corrected chi connectivity index (χ0v) is 12.7. The number of benzene rings is 1. The van der Waals surface area contributed by atoms with E-state index in [1.807, 2.05) is 0 Å². The summed E-state index contributed by atoms with van der Waals surface area (Å²) >= 11 is 2.93. The quantitative estimate of drug-likeness (QED) is 0.737. The van der Waals surface area contributed by atoms with Crippen molar-refractivity contribution >= 4 is 31.6 Å². The van der Waals surface area contributed by atoms with Crippen LogP contribution in [0.25, 0.3) is 0 Å². The topological polar surface area (TPSA) is 58.2 Å². The minimum Gasteiger partial charge on any atom is -0.320 e. The molecule has 0 fully saturated rings. The largest absolute Gasteiger partial charge is 0.320 e. The number of hydrogen-bond acceptors (Lipinski definition) is 3. The first-order valence-electron chi connectivity index (χ1n) is 5.65. The first kappa shape index (κ1) is 16.3. The molecule has 0 aliphatic carbocycles. The maximum atomic E-state index is 13.5. The Labute approximate surface area is 119 Å². The Bertz CT molecular complexity index is 514. The van der Waals surface area contributed by atoms with Gasteiger partial charge in [0.15, 0.2) is 5.82 Å². The minimum absolute atomic E-state index is 0.0313. The summed E-state index contributed by atoms with van der Waals surface area (Å²) in [7, 11) is -1.87. The Kier molecular flexibility index (Phi) is 6.15. The molecule has 4 nitrogen and oxygen atoms in total. The van der Waals surface area contributed by atoms with Crippen LogP contribution in [0.4, 0.5) is 14.5 Å². The van der Waals surface area contributed by atoms with Gasteiger partial charge in [-0.1, -0.05) is 0 Å². The Morgan fingerprint density at radius 2 is 1.95 bits per heavy atom. The molecule has 1 rings (SSSR count). The third kappa shape index (κ3) is 5.42. The van der Waals surface area contributed by atoms with Gasteiger partial charge in [-0.25, -0.2) is 17.2 Å². The Hall–Kier alpha value is -0.730. The molecule has 1 aromatic rings. The number of halogens is 3. The second kappa shape index (κ2) is 7.16. The number of hydrogen-bond donors (Lipinski definition) is 2. The van der Waals surface area contributed by atoms with Crippen LogP contribution in [0, 0.1) is 11.6 Å². The van der Waals surface area contributed by atoms with Crippen LogP contribution in [0.5, 0.6) is 0 Å². The van der Waals surface area contributed by atoms with Crippen molar-refractivity contribution in [2.75, 3.05) is 24.1 Å². The molecule has 0 atom stereocenters. The summed E-state index contributed by atoms with van der Waals surface area (Å²) in [5.41, 5.74) is -0.269. The smallest absolute Gasteiger partial charge is 0.232 e. The summed E-state index contributed by atoms with van der Waals surface area (Å²) in [6.07, 6.45) is 1.15. The van der Waals surface area contributed by atoms with E-state index >= 15 is 0 Å². The Morgan fingerprint density at radius 1 is 1.26 bits per heavy atom. The van der Waals surface area contributed by atoms with Crippen molar-refractivity contribution in [2.45, 2.75) is 12.8 Å². The van der Waals surface area contributed by atoms with E-state index in [-0.39, 0.29) is 15.9 Å². The van der Waals surface area contributed by atoms with Crippen LogP contribution in [0.2, 0.25) is 0 Å². The van der Waals surface area contributed by atoms with Gasteiger partial charge in [0.2, 0.25) is 10.0 Å². The van der Waals surface area contributed by atoms with E-state index < -0.39 is 21.7 Å². The van der Waals surface area contributed by atoms with Crippen LogP contribution in [0.1, 0.15) is 12.8 Å². The lowest BCUT2D eigenvalue weighted by molar-refractivity contribution is 0.580. The van der Waals surface area contributed by atoms with Crippen LogP contribution >= 0.6 is 15.9 Å². The highest BCUT2D eigenvalue weighted by Crippen LogP contribution is 2.27. The van der Waals surface area contributed by atoms with Crippen molar-refractivity contribution in [3.05, 3.63) is 28.2 Å². The summed E-state index contributed by atoms with van der Waals surface area (Å²) in [6.45, 7) is 0.712. The average Bonchev–Trinajstić information content (AvgIpc) is 2.29. The second-order valence-electron chi connectivity index (χ2n) is 3.98. The Balaban J connectivity index is 2.73. The molecular weight excluding hydrogens is 342 g/mol. The third-order valence-electron chi connectivity index (χ3n) is 2.35. The lowest BCUT2D eigenvalue weighted by atomic mass is 10.3. The molecule has 19 heavy (non-hydrogen) atoms. The van der Waals surface area contributed by atoms with E-state index in [2.05, 4.69) is 26.0 Å². The molecule has 0 bridgehead atoms. The molecule has 0 aliphatic heterocycles. The zero-order chi connectivity index (χ0) is 14.5. The fraction of sp³-hybridized carbons (Fsp3) is 0.455. The van der Waals surface area contributed by atoms with Crippen molar-refractivity contribution in [3.63, 3.8) is 0 Å². The molecule has 0 heterocycles. The second-order valence-corrected chi connectivity index (χ2v) is 6.67. The summed E-state index contributed by atoms with van der Waals surface area (Å²) in [6, 6.07) is 1.63. The van der Waals surface area contributed by atoms with Gasteiger partial charge in [-0.05, 0) is 48.4 Å². The molecule has 0 unspecified atom stereocenters. The molecule has 0 aromatic heterocycles. The van der Waals surface area contributed by atoms with Crippen LogP contribution in [-0.2, 0) is 10.0 Å². The lowest BCUT2D eigenvalue weighted by Crippen LogP contribution is -2.19. The van der Waals surface area contributed by atoms with Crippen molar-refractivity contribution in [1.29, 1.82) is 0 Å². The molecule has 0 saturated carbocycles. The van der Waals surface area contributed by atoms with Gasteiger partial charge in [-0.15, -0.1) is 0 Å². The SMILES string of the molecule is CNCCCCS(=O)(=O)Nc1c(F)cc(F)cc1Br. The van der Waals surface area contributed by atoms with Crippen LogP contribution in [0.3, 0.4) is 0 Å². The van der Waals surface area contributed by atoms with Gasteiger partial charge in [0.05, 0.1) is 11.4 Å². The number of unbranched alkanes of at least 4 members (excludes halogenated alkanes) is 1. The molecule has 0 aliphatic rings. The molecular formula is C11H15BrF2N2O2S. The monoisotopic (exact) mass is 356 g/mol. The maximum Gasteiger partial charge on any atom is 0.232 e. The molecule has 108 valence electrons. The van der Waals surface area contributed by atoms with Crippen molar-refractivity contribution < 1.29 is 17.2 Å². The van der Waals surface area contributed by atoms with E-state index in [0.717, 1.165) is 6.07 Å². The van der Waals surface area contributed by atoms with Crippen LogP contribution in [-0.4, -0.2) is 27.8 Å². The summed E-state index contributed by atoms with van der Waals surface area (Å²) in [5.74, 6) is -1.84. The van der Waals surface area contributed by atoms with Gasteiger partial charge < -0.3 is 5.32 Å². The van der Waals surface area contributed by atoms with Gasteiger partial charge in [0.25, 0.3) is 0 Å². The van der Waals surface area contributed by atoms with Gasteiger partial charge in [0.1, 0.15) is 5.82 Å². The molecule has 0 saturated heterocycles. The molecule has 1 aromatic carbocycles. The summed E-state index contributed by atoms with van der Waals surface area (Å²) < 4.78 is 52.0. The first-order chi connectivity index (χ1) is 8.85. The van der Waals surface area contributed by atoms with Crippen molar-refractivity contribution in [2.24, 2.45) is 0 Å². The van der Waals surface area contributed by atoms with Gasteiger partial charge in [-0.2, -0.15) is 0 Å². The highest BCUT2D eigenvalue weighted by molar-refractivity contribution is 9.10. The van der Waals surface area contributed by atoms with Crippen molar-refractivity contribution in [3.8, 4) is 0 Å². The molecule has 0 spiro atoms. The fourth-order valence-corrected chi connectivity index (χ4v) is 3.28. The zero-order valence-electron chi connectivity index (χ0n) is 10.3. The maximum absolute atomic E-state index is 13.5.